The predicted octanol–water partition coefficient (Wildman–Crippen LogP) is 5.81. The van der Waals surface area contributed by atoms with Gasteiger partial charge >= 0.3 is 0 Å². The van der Waals surface area contributed by atoms with Crippen LogP contribution in [0, 0.1) is 19.8 Å². The average molecular weight is 489 g/mol. The molecule has 2 amide bonds. The molecule has 35 heavy (non-hydrogen) atoms. The van der Waals surface area contributed by atoms with Gasteiger partial charge in [-0.25, -0.2) is 0 Å². The molecule has 0 unspecified atom stereocenters. The smallest absolute Gasteiger partial charge is 0.243 e. The minimum Gasteiger partial charge on any atom is -0.354 e. The van der Waals surface area contributed by atoms with Crippen LogP contribution < -0.4 is 5.32 Å². The molecule has 0 fully saturated rings. The molecule has 0 aliphatic carbocycles. The van der Waals surface area contributed by atoms with Gasteiger partial charge in [-0.2, -0.15) is 0 Å². The van der Waals surface area contributed by atoms with Crippen molar-refractivity contribution in [2.24, 2.45) is 5.92 Å². The molecule has 1 N–H and O–H groups in total. The molecule has 3 aromatic rings. The Hall–Kier alpha value is -3.05. The van der Waals surface area contributed by atoms with E-state index in [1.165, 1.54) is 17.3 Å². The van der Waals surface area contributed by atoms with Crippen molar-refractivity contribution in [2.45, 2.75) is 51.6 Å². The van der Waals surface area contributed by atoms with Crippen molar-refractivity contribution >= 4 is 23.6 Å². The first-order valence-corrected chi connectivity index (χ1v) is 13.2. The Bertz CT molecular complexity index is 1100. The molecule has 0 bridgehead atoms. The summed E-state index contributed by atoms with van der Waals surface area (Å²) in [5, 5.41) is 3.08. The van der Waals surface area contributed by atoms with Crippen LogP contribution in [0.3, 0.4) is 0 Å². The summed E-state index contributed by atoms with van der Waals surface area (Å²) < 4.78 is 0. The molecule has 4 nitrogen and oxygen atoms in total. The van der Waals surface area contributed by atoms with E-state index in [2.05, 4.69) is 37.4 Å². The summed E-state index contributed by atoms with van der Waals surface area (Å²) in [4.78, 5) is 29.9. The summed E-state index contributed by atoms with van der Waals surface area (Å²) in [6, 6.07) is 25.7. The third kappa shape index (κ3) is 8.59. The van der Waals surface area contributed by atoms with Crippen molar-refractivity contribution in [3.8, 4) is 0 Å². The van der Waals surface area contributed by atoms with E-state index in [1.807, 2.05) is 74.5 Å². The highest BCUT2D eigenvalue weighted by atomic mass is 32.2. The number of hydrogen-bond donors (Lipinski definition) is 1. The largest absolute Gasteiger partial charge is 0.354 e. The number of amides is 2. The molecule has 184 valence electrons. The van der Waals surface area contributed by atoms with E-state index in [9.17, 15) is 9.59 Å². The molecule has 1 atom stereocenters. The predicted molar refractivity (Wildman–Crippen MR) is 145 cm³/mol. The summed E-state index contributed by atoms with van der Waals surface area (Å²) in [6.45, 7) is 9.20. The zero-order valence-electron chi connectivity index (χ0n) is 21.2. The van der Waals surface area contributed by atoms with Gasteiger partial charge in [0, 0.05) is 24.4 Å². The lowest BCUT2D eigenvalue weighted by Gasteiger charge is -2.32. The van der Waals surface area contributed by atoms with Gasteiger partial charge in [0.1, 0.15) is 6.04 Å². The third-order valence-corrected chi connectivity index (χ3v) is 6.77. The Morgan fingerprint density at radius 2 is 1.54 bits per heavy atom. The quantitative estimate of drug-likeness (QED) is 0.347. The first kappa shape index (κ1) is 26.6. The number of carbonyl (C=O) groups is 2. The maximum absolute atomic E-state index is 13.7. The van der Waals surface area contributed by atoms with Crippen molar-refractivity contribution in [1.82, 2.24) is 10.2 Å². The summed E-state index contributed by atoms with van der Waals surface area (Å²) in [6.07, 6.45) is 0.470. The lowest BCUT2D eigenvalue weighted by atomic mass is 10.0. The molecule has 0 saturated heterocycles. The Kier molecular flexibility index (Phi) is 9.98. The van der Waals surface area contributed by atoms with E-state index in [0.717, 1.165) is 21.6 Å². The molecule has 0 heterocycles. The lowest BCUT2D eigenvalue weighted by Crippen LogP contribution is -2.51. The van der Waals surface area contributed by atoms with Crippen molar-refractivity contribution in [2.75, 3.05) is 12.3 Å². The number of nitrogens with one attached hydrogen (secondary N) is 1. The van der Waals surface area contributed by atoms with Gasteiger partial charge in [-0.3, -0.25) is 9.59 Å². The van der Waals surface area contributed by atoms with Gasteiger partial charge in [0.2, 0.25) is 11.8 Å². The van der Waals surface area contributed by atoms with Gasteiger partial charge in [-0.1, -0.05) is 91.7 Å². The van der Waals surface area contributed by atoms with Crippen LogP contribution in [0.2, 0.25) is 0 Å². The highest BCUT2D eigenvalue weighted by Crippen LogP contribution is 2.22. The van der Waals surface area contributed by atoms with Crippen molar-refractivity contribution in [1.29, 1.82) is 0 Å². The number of nitrogens with zero attached hydrogens (tertiary/aromatic N) is 1. The number of carbonyl (C=O) groups excluding carboxylic acids is 2. The third-order valence-electron chi connectivity index (χ3n) is 5.77. The van der Waals surface area contributed by atoms with Crippen LogP contribution in [-0.4, -0.2) is 35.1 Å². The van der Waals surface area contributed by atoms with Crippen LogP contribution in [0.4, 0.5) is 0 Å². The van der Waals surface area contributed by atoms with E-state index in [-0.39, 0.29) is 17.6 Å². The zero-order chi connectivity index (χ0) is 25.2. The van der Waals surface area contributed by atoms with Crippen molar-refractivity contribution in [3.63, 3.8) is 0 Å². The second kappa shape index (κ2) is 13.1. The second-order valence-electron chi connectivity index (χ2n) is 9.46. The van der Waals surface area contributed by atoms with Crippen LogP contribution in [0.5, 0.6) is 0 Å². The summed E-state index contributed by atoms with van der Waals surface area (Å²) in [7, 11) is 0. The van der Waals surface area contributed by atoms with Crippen molar-refractivity contribution in [3.05, 3.63) is 101 Å². The fraction of sp³-hybridized carbons (Fsp3) is 0.333. The molecule has 3 rings (SSSR count). The maximum Gasteiger partial charge on any atom is 0.243 e. The molecular weight excluding hydrogens is 452 g/mol. The molecule has 0 aliphatic heterocycles. The summed E-state index contributed by atoms with van der Waals surface area (Å²) >= 11 is 1.51. The van der Waals surface area contributed by atoms with Crippen LogP contribution in [-0.2, 0) is 22.6 Å². The van der Waals surface area contributed by atoms with Gasteiger partial charge in [0.05, 0.1) is 5.75 Å². The topological polar surface area (TPSA) is 49.4 Å². The first-order valence-electron chi connectivity index (χ1n) is 12.2. The van der Waals surface area contributed by atoms with E-state index in [1.54, 1.807) is 4.90 Å². The van der Waals surface area contributed by atoms with E-state index in [4.69, 9.17) is 0 Å². The van der Waals surface area contributed by atoms with Crippen LogP contribution >= 0.6 is 11.8 Å². The maximum atomic E-state index is 13.7. The molecule has 3 aromatic carbocycles. The van der Waals surface area contributed by atoms with E-state index in [0.29, 0.717) is 25.4 Å². The van der Waals surface area contributed by atoms with Gasteiger partial charge in [-0.15, -0.1) is 11.8 Å². The molecule has 0 radical (unpaired) electrons. The standard InChI is InChI=1S/C30H36N2O2S/c1-22(2)19-31-30(34)28(18-25-10-6-5-7-11-25)32(20-26-12-8-9-24(4)17-26)29(33)21-35-27-15-13-23(3)14-16-27/h5-17,22,28H,18-21H2,1-4H3,(H,31,34)/t28-/m0/s1. The van der Waals surface area contributed by atoms with Gasteiger partial charge in [0.15, 0.2) is 0 Å². The van der Waals surface area contributed by atoms with Crippen LogP contribution in [0.15, 0.2) is 83.8 Å². The number of thioether (sulfide) groups is 1. The van der Waals surface area contributed by atoms with Crippen LogP contribution in [0.1, 0.15) is 36.1 Å². The lowest BCUT2D eigenvalue weighted by molar-refractivity contribution is -0.139. The van der Waals surface area contributed by atoms with E-state index >= 15 is 0 Å². The Labute approximate surface area is 214 Å². The number of rotatable bonds is 11. The highest BCUT2D eigenvalue weighted by Gasteiger charge is 2.30. The highest BCUT2D eigenvalue weighted by molar-refractivity contribution is 8.00. The van der Waals surface area contributed by atoms with E-state index < -0.39 is 6.04 Å². The number of hydrogen-bond acceptors (Lipinski definition) is 3. The second-order valence-corrected chi connectivity index (χ2v) is 10.5. The normalized spacial score (nSPS) is 11.8. The first-order chi connectivity index (χ1) is 16.8. The fourth-order valence-corrected chi connectivity index (χ4v) is 4.63. The number of aryl methyl sites for hydroxylation is 2. The minimum absolute atomic E-state index is 0.0438. The monoisotopic (exact) mass is 488 g/mol. The van der Waals surface area contributed by atoms with Gasteiger partial charge in [-0.05, 0) is 43.0 Å². The molecule has 0 aromatic heterocycles. The summed E-state index contributed by atoms with van der Waals surface area (Å²) in [5.41, 5.74) is 4.37. The Balaban J connectivity index is 1.89. The molecule has 0 aliphatic rings. The summed E-state index contributed by atoms with van der Waals surface area (Å²) in [5.74, 6) is 0.452. The average Bonchev–Trinajstić information content (AvgIpc) is 2.85. The molecule has 0 saturated carbocycles. The van der Waals surface area contributed by atoms with Crippen LogP contribution in [0.25, 0.3) is 0 Å². The minimum atomic E-state index is -0.595. The number of benzene rings is 3. The SMILES string of the molecule is Cc1ccc(SCC(=O)N(Cc2cccc(C)c2)[C@@H](Cc2ccccc2)C(=O)NCC(C)C)cc1. The van der Waals surface area contributed by atoms with Gasteiger partial charge in [0.25, 0.3) is 0 Å². The molecular formula is C30H36N2O2S. The fourth-order valence-electron chi connectivity index (χ4n) is 3.85. The van der Waals surface area contributed by atoms with Crippen molar-refractivity contribution < 1.29 is 9.59 Å². The Morgan fingerprint density at radius 1 is 0.857 bits per heavy atom. The van der Waals surface area contributed by atoms with Gasteiger partial charge < -0.3 is 10.2 Å². The Morgan fingerprint density at radius 3 is 2.20 bits per heavy atom. The molecule has 0 spiro atoms. The molecule has 5 heteroatoms. The zero-order valence-corrected chi connectivity index (χ0v) is 22.0.